The molecule has 1 aromatic carbocycles. The molecule has 1 aliphatic heterocycles. The van der Waals surface area contributed by atoms with Gasteiger partial charge in [-0.05, 0) is 63.3 Å². The molecule has 0 aromatic heterocycles. The maximum Gasteiger partial charge on any atom is 0.124 e. The molecule has 2 nitrogen and oxygen atoms in total. The summed E-state index contributed by atoms with van der Waals surface area (Å²) in [5.74, 6) is 1.76. The summed E-state index contributed by atoms with van der Waals surface area (Å²) in [6.07, 6.45) is 6.36. The fourth-order valence-corrected chi connectivity index (χ4v) is 3.22. The summed E-state index contributed by atoms with van der Waals surface area (Å²) in [4.78, 5) is 0. The predicted molar refractivity (Wildman–Crippen MR) is 78.9 cm³/mol. The van der Waals surface area contributed by atoms with Crippen LogP contribution in [0.3, 0.4) is 0 Å². The first-order valence-corrected chi connectivity index (χ1v) is 7.73. The maximum absolute atomic E-state index is 6.18. The minimum Gasteiger partial charge on any atom is -0.493 e. The molecule has 1 unspecified atom stereocenters. The number of ether oxygens (including phenoxy) is 1. The zero-order valence-electron chi connectivity index (χ0n) is 11.5. The van der Waals surface area contributed by atoms with Crippen molar-refractivity contribution >= 4 is 11.6 Å². The van der Waals surface area contributed by atoms with Gasteiger partial charge in [0.05, 0.1) is 6.61 Å². The summed E-state index contributed by atoms with van der Waals surface area (Å²) in [5.41, 5.74) is 1.23. The normalized spacial score (nSPS) is 27.3. The van der Waals surface area contributed by atoms with Crippen molar-refractivity contribution in [1.29, 1.82) is 0 Å². The summed E-state index contributed by atoms with van der Waals surface area (Å²) in [5, 5.41) is 4.39. The van der Waals surface area contributed by atoms with Crippen LogP contribution in [0, 0.1) is 5.92 Å². The summed E-state index contributed by atoms with van der Waals surface area (Å²) >= 11 is 6.18. The van der Waals surface area contributed by atoms with E-state index in [1.165, 1.54) is 31.2 Å². The molecule has 1 saturated carbocycles. The molecule has 0 spiro atoms. The Hall–Kier alpha value is -0.730. The number of nitrogens with one attached hydrogen (secondary N) is 1. The van der Waals surface area contributed by atoms with Gasteiger partial charge in [0.2, 0.25) is 0 Å². The second-order valence-corrected chi connectivity index (χ2v) is 6.55. The highest BCUT2D eigenvalue weighted by atomic mass is 35.5. The number of halogens is 1. The van der Waals surface area contributed by atoms with Gasteiger partial charge in [-0.15, -0.1) is 0 Å². The lowest BCUT2D eigenvalue weighted by molar-refractivity contribution is 0.177. The van der Waals surface area contributed by atoms with Crippen molar-refractivity contribution in [1.82, 2.24) is 5.32 Å². The minimum atomic E-state index is 0.0137. The van der Waals surface area contributed by atoms with E-state index in [2.05, 4.69) is 18.3 Å². The summed E-state index contributed by atoms with van der Waals surface area (Å²) in [6.45, 7) is 4.18. The van der Waals surface area contributed by atoms with Crippen LogP contribution in [0.5, 0.6) is 5.75 Å². The van der Waals surface area contributed by atoms with E-state index in [1.54, 1.807) is 0 Å². The monoisotopic (exact) mass is 279 g/mol. The highest BCUT2D eigenvalue weighted by Crippen LogP contribution is 2.38. The van der Waals surface area contributed by atoms with Crippen molar-refractivity contribution in [3.8, 4) is 5.75 Å². The molecule has 1 aliphatic carbocycles. The molecule has 1 aromatic rings. The molecule has 0 bridgehead atoms. The fraction of sp³-hybridized carbons (Fsp3) is 0.625. The molecule has 2 fully saturated rings. The van der Waals surface area contributed by atoms with Crippen molar-refractivity contribution < 1.29 is 4.74 Å². The summed E-state index contributed by atoms with van der Waals surface area (Å²) < 4.78 is 6.08. The van der Waals surface area contributed by atoms with Gasteiger partial charge in [-0.25, -0.2) is 0 Å². The SMILES string of the molecule is CC1(c2cc(Cl)ccc2OCC2CCC2)CCCN1. The Bertz CT molecular complexity index is 450. The molecular weight excluding hydrogens is 258 g/mol. The topological polar surface area (TPSA) is 21.3 Å². The van der Waals surface area contributed by atoms with Gasteiger partial charge < -0.3 is 10.1 Å². The second kappa shape index (κ2) is 5.34. The Kier molecular flexibility index (Phi) is 3.72. The quantitative estimate of drug-likeness (QED) is 0.895. The summed E-state index contributed by atoms with van der Waals surface area (Å²) in [6, 6.07) is 6.02. The van der Waals surface area contributed by atoms with Crippen LogP contribution >= 0.6 is 11.6 Å². The molecule has 1 saturated heterocycles. The van der Waals surface area contributed by atoms with Crippen LogP contribution in [0.15, 0.2) is 18.2 Å². The molecule has 1 N–H and O–H groups in total. The molecule has 104 valence electrons. The first-order valence-electron chi connectivity index (χ1n) is 7.35. The molecule has 1 atom stereocenters. The highest BCUT2D eigenvalue weighted by Gasteiger charge is 2.33. The molecule has 3 heteroatoms. The zero-order chi connectivity index (χ0) is 13.3. The largest absolute Gasteiger partial charge is 0.493 e. The lowest BCUT2D eigenvalue weighted by atomic mass is 9.86. The minimum absolute atomic E-state index is 0.0137. The maximum atomic E-state index is 6.18. The molecule has 1 heterocycles. The standard InChI is InChI=1S/C16H22ClNO/c1-16(8-3-9-18-16)14-10-13(17)6-7-15(14)19-11-12-4-2-5-12/h6-7,10,12,18H,2-5,8-9,11H2,1H3. The Balaban J connectivity index is 1.81. The fourth-order valence-electron chi connectivity index (χ4n) is 3.05. The summed E-state index contributed by atoms with van der Waals surface area (Å²) in [7, 11) is 0. The van der Waals surface area contributed by atoms with Crippen molar-refractivity contribution in [2.24, 2.45) is 5.92 Å². The third kappa shape index (κ3) is 2.75. The molecular formula is C16H22ClNO. The van der Waals surface area contributed by atoms with Crippen LogP contribution < -0.4 is 10.1 Å². The number of benzene rings is 1. The van der Waals surface area contributed by atoms with Gasteiger partial charge in [-0.1, -0.05) is 18.0 Å². The van der Waals surface area contributed by atoms with Crippen LogP contribution in [-0.2, 0) is 5.54 Å². The van der Waals surface area contributed by atoms with Crippen molar-refractivity contribution in [2.45, 2.75) is 44.6 Å². The van der Waals surface area contributed by atoms with Crippen LogP contribution in [-0.4, -0.2) is 13.2 Å². The number of hydrogen-bond acceptors (Lipinski definition) is 2. The van der Waals surface area contributed by atoms with Gasteiger partial charge in [0.1, 0.15) is 5.75 Å². The van der Waals surface area contributed by atoms with Crippen LogP contribution in [0.25, 0.3) is 0 Å². The Morgan fingerprint density at radius 2 is 2.21 bits per heavy atom. The van der Waals surface area contributed by atoms with Gasteiger partial charge in [-0.2, -0.15) is 0 Å². The number of rotatable bonds is 4. The van der Waals surface area contributed by atoms with E-state index in [1.807, 2.05) is 12.1 Å². The predicted octanol–water partition coefficient (Wildman–Crippen LogP) is 4.12. The van der Waals surface area contributed by atoms with E-state index in [-0.39, 0.29) is 5.54 Å². The van der Waals surface area contributed by atoms with Crippen molar-refractivity contribution in [3.63, 3.8) is 0 Å². The molecule has 2 aliphatic rings. The first kappa shape index (κ1) is 13.3. The van der Waals surface area contributed by atoms with E-state index in [0.717, 1.165) is 36.3 Å². The third-order valence-corrected chi connectivity index (χ3v) is 4.84. The number of hydrogen-bond donors (Lipinski definition) is 1. The lowest BCUT2D eigenvalue weighted by Gasteiger charge is -2.30. The average Bonchev–Trinajstić information content (AvgIpc) is 2.77. The smallest absolute Gasteiger partial charge is 0.124 e. The van der Waals surface area contributed by atoms with E-state index < -0.39 is 0 Å². The van der Waals surface area contributed by atoms with Crippen LogP contribution in [0.1, 0.15) is 44.6 Å². The average molecular weight is 280 g/mol. The Morgan fingerprint density at radius 3 is 2.84 bits per heavy atom. The van der Waals surface area contributed by atoms with Crippen LogP contribution in [0.2, 0.25) is 5.02 Å². The van der Waals surface area contributed by atoms with Gasteiger partial charge >= 0.3 is 0 Å². The van der Waals surface area contributed by atoms with Crippen molar-refractivity contribution in [3.05, 3.63) is 28.8 Å². The van der Waals surface area contributed by atoms with Crippen LogP contribution in [0.4, 0.5) is 0 Å². The van der Waals surface area contributed by atoms with E-state index in [4.69, 9.17) is 16.3 Å². The second-order valence-electron chi connectivity index (χ2n) is 6.11. The van der Waals surface area contributed by atoms with Gasteiger partial charge in [-0.3, -0.25) is 0 Å². The molecule has 19 heavy (non-hydrogen) atoms. The van der Waals surface area contributed by atoms with Gasteiger partial charge in [0.15, 0.2) is 0 Å². The Morgan fingerprint density at radius 1 is 1.37 bits per heavy atom. The lowest BCUT2D eigenvalue weighted by Crippen LogP contribution is -2.34. The van der Waals surface area contributed by atoms with E-state index in [9.17, 15) is 0 Å². The highest BCUT2D eigenvalue weighted by molar-refractivity contribution is 6.30. The van der Waals surface area contributed by atoms with E-state index in [0.29, 0.717) is 0 Å². The van der Waals surface area contributed by atoms with Gasteiger partial charge in [0, 0.05) is 16.1 Å². The molecule has 3 rings (SSSR count). The zero-order valence-corrected chi connectivity index (χ0v) is 12.3. The molecule has 0 radical (unpaired) electrons. The van der Waals surface area contributed by atoms with Crippen molar-refractivity contribution in [2.75, 3.05) is 13.2 Å². The third-order valence-electron chi connectivity index (χ3n) is 4.60. The molecule has 0 amide bonds. The Labute approximate surface area is 120 Å². The van der Waals surface area contributed by atoms with Gasteiger partial charge in [0.25, 0.3) is 0 Å². The van der Waals surface area contributed by atoms with E-state index >= 15 is 0 Å². The first-order chi connectivity index (χ1) is 9.17.